The molecule has 2 aromatic heterocycles. The molecule has 0 radical (unpaired) electrons. The smallest absolute Gasteiger partial charge is 0.253 e. The molecule has 1 aliphatic heterocycles. The van der Waals surface area contributed by atoms with Gasteiger partial charge in [0.1, 0.15) is 5.82 Å². The highest BCUT2D eigenvalue weighted by atomic mass is 16.5. The standard InChI is InChI=1S/C21H22N4O2/c26-21(18-6-1-5-17(12-18)20-23-9-10-24-20)25-11-3-7-19(14-25)27-15-16-4-2-8-22-13-16/h1-2,4-6,8-10,12-13,19H,3,7,11,14-15H2,(H,23,24)/t19-/m0/s1. The Hall–Kier alpha value is -2.99. The summed E-state index contributed by atoms with van der Waals surface area (Å²) >= 11 is 0. The third-order valence-corrected chi connectivity index (χ3v) is 4.76. The van der Waals surface area contributed by atoms with E-state index >= 15 is 0 Å². The summed E-state index contributed by atoms with van der Waals surface area (Å²) in [5, 5.41) is 0. The van der Waals surface area contributed by atoms with Gasteiger partial charge in [0.15, 0.2) is 0 Å². The van der Waals surface area contributed by atoms with Crippen molar-refractivity contribution in [3.8, 4) is 11.4 Å². The molecular formula is C21H22N4O2. The van der Waals surface area contributed by atoms with E-state index in [0.29, 0.717) is 18.7 Å². The minimum absolute atomic E-state index is 0.0399. The Kier molecular flexibility index (Phi) is 5.25. The lowest BCUT2D eigenvalue weighted by Gasteiger charge is -2.32. The number of likely N-dealkylation sites (tertiary alicyclic amines) is 1. The number of carbonyl (C=O) groups excluding carboxylic acids is 1. The van der Waals surface area contributed by atoms with Crippen LogP contribution in [0, 0.1) is 0 Å². The van der Waals surface area contributed by atoms with Crippen molar-refractivity contribution in [2.24, 2.45) is 0 Å². The zero-order valence-electron chi connectivity index (χ0n) is 15.0. The van der Waals surface area contributed by atoms with Crippen molar-refractivity contribution in [3.05, 3.63) is 72.3 Å². The van der Waals surface area contributed by atoms with Gasteiger partial charge in [0.25, 0.3) is 5.91 Å². The Morgan fingerprint density at radius 2 is 2.22 bits per heavy atom. The van der Waals surface area contributed by atoms with Gasteiger partial charge < -0.3 is 14.6 Å². The molecule has 0 aliphatic carbocycles. The van der Waals surface area contributed by atoms with Gasteiger partial charge in [-0.25, -0.2) is 4.98 Å². The molecule has 138 valence electrons. The Labute approximate surface area is 158 Å². The van der Waals surface area contributed by atoms with E-state index in [1.165, 1.54) is 0 Å². The number of ether oxygens (including phenoxy) is 1. The van der Waals surface area contributed by atoms with E-state index in [1.54, 1.807) is 18.6 Å². The highest BCUT2D eigenvalue weighted by molar-refractivity contribution is 5.95. The number of pyridine rings is 1. The van der Waals surface area contributed by atoms with Crippen LogP contribution in [-0.2, 0) is 11.3 Å². The number of hydrogen-bond acceptors (Lipinski definition) is 4. The first-order valence-corrected chi connectivity index (χ1v) is 9.19. The molecule has 3 heterocycles. The van der Waals surface area contributed by atoms with Crippen LogP contribution < -0.4 is 0 Å². The quantitative estimate of drug-likeness (QED) is 0.756. The zero-order valence-corrected chi connectivity index (χ0v) is 15.0. The minimum atomic E-state index is 0.0399. The predicted molar refractivity (Wildman–Crippen MR) is 102 cm³/mol. The van der Waals surface area contributed by atoms with Crippen LogP contribution in [-0.4, -0.2) is 45.0 Å². The van der Waals surface area contributed by atoms with Gasteiger partial charge in [-0.3, -0.25) is 9.78 Å². The van der Waals surface area contributed by atoms with Crippen LogP contribution in [0.1, 0.15) is 28.8 Å². The number of rotatable bonds is 5. The molecule has 1 aromatic carbocycles. The normalized spacial score (nSPS) is 17.0. The largest absolute Gasteiger partial charge is 0.372 e. The van der Waals surface area contributed by atoms with Crippen molar-refractivity contribution in [1.29, 1.82) is 0 Å². The van der Waals surface area contributed by atoms with Crippen molar-refractivity contribution in [1.82, 2.24) is 19.9 Å². The summed E-state index contributed by atoms with van der Waals surface area (Å²) in [6.45, 7) is 1.90. The molecule has 1 amide bonds. The number of hydrogen-bond donors (Lipinski definition) is 1. The first-order valence-electron chi connectivity index (χ1n) is 9.19. The van der Waals surface area contributed by atoms with E-state index in [0.717, 1.165) is 36.3 Å². The van der Waals surface area contributed by atoms with E-state index in [2.05, 4.69) is 15.0 Å². The molecule has 1 saturated heterocycles. The Balaban J connectivity index is 1.40. The number of carbonyl (C=O) groups is 1. The summed E-state index contributed by atoms with van der Waals surface area (Å²) in [7, 11) is 0. The molecular weight excluding hydrogens is 340 g/mol. The summed E-state index contributed by atoms with van der Waals surface area (Å²) in [6.07, 6.45) is 9.01. The van der Waals surface area contributed by atoms with E-state index < -0.39 is 0 Å². The maximum absolute atomic E-state index is 13.0. The van der Waals surface area contributed by atoms with Gasteiger partial charge in [0, 0.05) is 49.0 Å². The number of nitrogens with zero attached hydrogens (tertiary/aromatic N) is 3. The van der Waals surface area contributed by atoms with Crippen molar-refractivity contribution in [3.63, 3.8) is 0 Å². The van der Waals surface area contributed by atoms with Crippen molar-refractivity contribution >= 4 is 5.91 Å². The third kappa shape index (κ3) is 4.23. The first kappa shape index (κ1) is 17.4. The molecule has 0 unspecified atom stereocenters. The molecule has 4 rings (SSSR count). The summed E-state index contributed by atoms with van der Waals surface area (Å²) < 4.78 is 6.02. The van der Waals surface area contributed by atoms with Crippen LogP contribution in [0.3, 0.4) is 0 Å². The summed E-state index contributed by atoms with van der Waals surface area (Å²) in [5.41, 5.74) is 2.64. The molecule has 1 N–H and O–H groups in total. The second-order valence-corrected chi connectivity index (χ2v) is 6.71. The van der Waals surface area contributed by atoms with Gasteiger partial charge in [0.05, 0.1) is 12.7 Å². The molecule has 1 fully saturated rings. The number of benzene rings is 1. The van der Waals surface area contributed by atoms with Crippen LogP contribution in [0.25, 0.3) is 11.4 Å². The van der Waals surface area contributed by atoms with Gasteiger partial charge in [-0.1, -0.05) is 18.2 Å². The second-order valence-electron chi connectivity index (χ2n) is 6.71. The van der Waals surface area contributed by atoms with Gasteiger partial charge in [-0.2, -0.15) is 0 Å². The summed E-state index contributed by atoms with van der Waals surface area (Å²) in [6, 6.07) is 11.5. The number of H-pyrrole nitrogens is 1. The number of amides is 1. The third-order valence-electron chi connectivity index (χ3n) is 4.76. The van der Waals surface area contributed by atoms with Crippen molar-refractivity contribution in [2.75, 3.05) is 13.1 Å². The highest BCUT2D eigenvalue weighted by Gasteiger charge is 2.25. The lowest BCUT2D eigenvalue weighted by molar-refractivity contribution is -0.00681. The lowest BCUT2D eigenvalue weighted by atomic mass is 10.0. The monoisotopic (exact) mass is 362 g/mol. The average molecular weight is 362 g/mol. The van der Waals surface area contributed by atoms with E-state index in [9.17, 15) is 4.79 Å². The Morgan fingerprint density at radius 1 is 1.26 bits per heavy atom. The van der Waals surface area contributed by atoms with E-state index in [1.807, 2.05) is 47.5 Å². The topological polar surface area (TPSA) is 71.1 Å². The minimum Gasteiger partial charge on any atom is -0.372 e. The lowest BCUT2D eigenvalue weighted by Crippen LogP contribution is -2.43. The predicted octanol–water partition coefficient (Wildman–Crippen LogP) is 3.29. The SMILES string of the molecule is O=C(c1cccc(-c2ncc[nH]2)c1)N1CCC[C@H](OCc2cccnc2)C1. The van der Waals surface area contributed by atoms with E-state index in [-0.39, 0.29) is 12.0 Å². The van der Waals surface area contributed by atoms with Crippen LogP contribution in [0.15, 0.2) is 61.2 Å². The van der Waals surface area contributed by atoms with Crippen molar-refractivity contribution < 1.29 is 9.53 Å². The molecule has 6 nitrogen and oxygen atoms in total. The fourth-order valence-electron chi connectivity index (χ4n) is 3.36. The summed E-state index contributed by atoms with van der Waals surface area (Å²) in [4.78, 5) is 26.3. The van der Waals surface area contributed by atoms with Gasteiger partial charge in [0.2, 0.25) is 0 Å². The summed E-state index contributed by atoms with van der Waals surface area (Å²) in [5.74, 6) is 0.805. The number of imidazole rings is 1. The van der Waals surface area contributed by atoms with Gasteiger partial charge >= 0.3 is 0 Å². The van der Waals surface area contributed by atoms with Gasteiger partial charge in [-0.15, -0.1) is 0 Å². The molecule has 0 bridgehead atoms. The highest BCUT2D eigenvalue weighted by Crippen LogP contribution is 2.20. The fourth-order valence-corrected chi connectivity index (χ4v) is 3.36. The van der Waals surface area contributed by atoms with Crippen molar-refractivity contribution in [2.45, 2.75) is 25.6 Å². The maximum atomic E-state index is 13.0. The number of aromatic amines is 1. The number of piperidine rings is 1. The zero-order chi connectivity index (χ0) is 18.5. The van der Waals surface area contributed by atoms with Crippen LogP contribution in [0.4, 0.5) is 0 Å². The van der Waals surface area contributed by atoms with Gasteiger partial charge in [-0.05, 0) is 36.6 Å². The van der Waals surface area contributed by atoms with Crippen LogP contribution in [0.5, 0.6) is 0 Å². The molecule has 6 heteroatoms. The second kappa shape index (κ2) is 8.14. The van der Waals surface area contributed by atoms with E-state index in [4.69, 9.17) is 4.74 Å². The first-order chi connectivity index (χ1) is 13.3. The van der Waals surface area contributed by atoms with Crippen LogP contribution >= 0.6 is 0 Å². The number of aromatic nitrogens is 3. The molecule has 3 aromatic rings. The number of nitrogens with one attached hydrogen (secondary N) is 1. The Bertz CT molecular complexity index is 880. The molecule has 0 spiro atoms. The van der Waals surface area contributed by atoms with Crippen LogP contribution in [0.2, 0.25) is 0 Å². The molecule has 0 saturated carbocycles. The fraction of sp³-hybridized carbons (Fsp3) is 0.286. The molecule has 27 heavy (non-hydrogen) atoms. The maximum Gasteiger partial charge on any atom is 0.253 e. The molecule has 1 atom stereocenters. The Morgan fingerprint density at radius 3 is 3.04 bits per heavy atom. The average Bonchev–Trinajstić information content (AvgIpc) is 3.28. The molecule has 1 aliphatic rings.